The molecule has 0 aromatic heterocycles. The van der Waals surface area contributed by atoms with Crippen molar-refractivity contribution < 1.29 is 0 Å². The van der Waals surface area contributed by atoms with Crippen molar-refractivity contribution in [2.24, 2.45) is 0 Å². The van der Waals surface area contributed by atoms with Gasteiger partial charge in [-0.05, 0) is 29.9 Å². The van der Waals surface area contributed by atoms with Crippen LogP contribution >= 0.6 is 17.5 Å². The molecule has 0 spiro atoms. The Kier molecular flexibility index (Phi) is 3.13. The Bertz CT molecular complexity index is 431. The van der Waals surface area contributed by atoms with Gasteiger partial charge in [-0.2, -0.15) is 0 Å². The van der Waals surface area contributed by atoms with Gasteiger partial charge in [0.05, 0.1) is 0 Å². The second-order valence-corrected chi connectivity index (χ2v) is 10.5. The molecule has 1 aromatic carbocycles. The highest BCUT2D eigenvalue weighted by Crippen LogP contribution is 2.65. The molecule has 0 aliphatic carbocycles. The van der Waals surface area contributed by atoms with Gasteiger partial charge in [-0.1, -0.05) is 49.4 Å². The van der Waals surface area contributed by atoms with E-state index in [0.29, 0.717) is 5.66 Å². The van der Waals surface area contributed by atoms with Crippen molar-refractivity contribution in [3.05, 3.63) is 42.5 Å². The fraction of sp³-hybridized carbons (Fsp3) is 0.308. The quantitative estimate of drug-likeness (QED) is 0.705. The number of hydrogen-bond donors (Lipinski definition) is 0. The predicted octanol–water partition coefficient (Wildman–Crippen LogP) is 3.76. The fourth-order valence-corrected chi connectivity index (χ4v) is 9.19. The normalized spacial score (nSPS) is 29.8. The molecule has 0 bridgehead atoms. The Hall–Kier alpha value is -0.390. The van der Waals surface area contributed by atoms with Crippen molar-refractivity contribution in [2.45, 2.75) is 19.5 Å². The molecule has 2 rings (SSSR count). The molecular weight excluding hydrogens is 219 g/mol. The summed E-state index contributed by atoms with van der Waals surface area (Å²) < 4.78 is 0. The van der Waals surface area contributed by atoms with Gasteiger partial charge < -0.3 is 0 Å². The summed E-state index contributed by atoms with van der Waals surface area (Å²) in [5.41, 5.74) is 0.690. The van der Waals surface area contributed by atoms with Gasteiger partial charge in [0.1, 0.15) is 0 Å². The van der Waals surface area contributed by atoms with Gasteiger partial charge >= 0.3 is 0 Å². The van der Waals surface area contributed by atoms with Crippen LogP contribution in [0.1, 0.15) is 13.8 Å². The monoisotopic (exact) mass is 236 g/mol. The maximum absolute atomic E-state index is 2.37. The van der Waals surface area contributed by atoms with Crippen molar-refractivity contribution in [1.29, 1.82) is 0 Å². The third-order valence-corrected chi connectivity index (χ3v) is 11.5. The van der Waals surface area contributed by atoms with E-state index in [1.54, 1.807) is 5.29 Å². The Labute approximate surface area is 96.5 Å². The van der Waals surface area contributed by atoms with E-state index in [2.05, 4.69) is 74.0 Å². The molecule has 0 nitrogen and oxygen atoms in total. The Morgan fingerprint density at radius 1 is 1.20 bits per heavy atom. The Morgan fingerprint density at radius 3 is 2.33 bits per heavy atom. The minimum Gasteiger partial charge on any atom is -0.133 e. The summed E-state index contributed by atoms with van der Waals surface area (Å²) in [5, 5.41) is 3.11. The molecule has 0 amide bonds. The molecule has 0 N–H and O–H groups in total. The van der Waals surface area contributed by atoms with Crippen molar-refractivity contribution in [2.75, 3.05) is 6.26 Å². The molecule has 1 heterocycles. The first-order chi connectivity index (χ1) is 7.21. The molecule has 1 aliphatic rings. The van der Waals surface area contributed by atoms with E-state index in [-0.39, 0.29) is 0 Å². The summed E-state index contributed by atoms with van der Waals surface area (Å²) in [5.74, 6) is 0. The van der Waals surface area contributed by atoms with Crippen LogP contribution in [-0.4, -0.2) is 17.2 Å². The molecule has 80 valence electrons. The maximum atomic E-state index is 2.37. The first-order valence-corrected chi connectivity index (χ1v) is 8.93. The molecule has 2 heteroatoms. The lowest BCUT2D eigenvalue weighted by molar-refractivity contribution is 1.25. The highest BCUT2D eigenvalue weighted by Gasteiger charge is 2.29. The molecule has 2 unspecified atom stereocenters. The lowest BCUT2D eigenvalue weighted by atomic mass is 10.4. The van der Waals surface area contributed by atoms with E-state index in [0.717, 1.165) is 0 Å². The van der Waals surface area contributed by atoms with Crippen LogP contribution in [0, 0.1) is 0 Å². The van der Waals surface area contributed by atoms with Crippen LogP contribution in [0.25, 0.3) is 0 Å². The summed E-state index contributed by atoms with van der Waals surface area (Å²) in [6.45, 7) is 4.64. The molecule has 2 atom stereocenters. The van der Waals surface area contributed by atoms with E-state index in [4.69, 9.17) is 0 Å². The minimum absolute atomic E-state index is 0.690. The number of hydrogen-bond acceptors (Lipinski definition) is 1. The van der Waals surface area contributed by atoms with Crippen molar-refractivity contribution >= 4 is 28.1 Å². The van der Waals surface area contributed by atoms with Gasteiger partial charge in [-0.3, -0.25) is 0 Å². The zero-order valence-electron chi connectivity index (χ0n) is 9.47. The first kappa shape index (κ1) is 11.1. The average Bonchev–Trinajstić information content (AvgIpc) is 2.57. The predicted molar refractivity (Wildman–Crippen MR) is 75.8 cm³/mol. The largest absolute Gasteiger partial charge is 0.133 e. The van der Waals surface area contributed by atoms with Crippen molar-refractivity contribution in [1.82, 2.24) is 0 Å². The van der Waals surface area contributed by atoms with E-state index in [1.165, 1.54) is 5.30 Å². The third kappa shape index (κ3) is 1.62. The van der Waals surface area contributed by atoms with Crippen LogP contribution in [0.3, 0.4) is 0 Å². The van der Waals surface area contributed by atoms with Crippen LogP contribution in [0.2, 0.25) is 0 Å². The number of allylic oxidation sites excluding steroid dienone is 2. The second kappa shape index (κ2) is 4.23. The summed E-state index contributed by atoms with van der Waals surface area (Å²) >= 11 is 2.06. The standard InChI is InChI=1S/C13H17PS/c1-11-9-10-12(2)14(11,15-3)13-7-5-4-6-8-13/h4-11H,1-3H3. The average molecular weight is 236 g/mol. The molecule has 15 heavy (non-hydrogen) atoms. The van der Waals surface area contributed by atoms with Crippen LogP contribution in [0.15, 0.2) is 42.5 Å². The van der Waals surface area contributed by atoms with Crippen LogP contribution in [-0.2, 0) is 0 Å². The highest BCUT2D eigenvalue weighted by molar-refractivity contribution is 8.63. The zero-order chi connectivity index (χ0) is 10.9. The molecule has 1 aliphatic heterocycles. The minimum atomic E-state index is -1.14. The molecular formula is C13H17PS. The van der Waals surface area contributed by atoms with Gasteiger partial charge in [0.2, 0.25) is 0 Å². The first-order valence-electron chi connectivity index (χ1n) is 5.24. The fourth-order valence-electron chi connectivity index (χ4n) is 2.34. The number of rotatable bonds is 2. The van der Waals surface area contributed by atoms with Crippen LogP contribution < -0.4 is 5.30 Å². The molecule has 0 radical (unpaired) electrons. The van der Waals surface area contributed by atoms with Crippen LogP contribution in [0.5, 0.6) is 0 Å². The van der Waals surface area contributed by atoms with E-state index >= 15 is 0 Å². The van der Waals surface area contributed by atoms with Gasteiger partial charge in [0.15, 0.2) is 0 Å². The SMILES string of the molecule is CSP1(c2ccccc2)=C(C)C=CC1C. The van der Waals surface area contributed by atoms with Gasteiger partial charge in [-0.15, -0.1) is 11.4 Å². The topological polar surface area (TPSA) is 0 Å². The Balaban J connectivity index is 2.63. The summed E-state index contributed by atoms with van der Waals surface area (Å²) in [4.78, 5) is 0. The van der Waals surface area contributed by atoms with E-state index in [1.807, 2.05) is 0 Å². The third-order valence-electron chi connectivity index (χ3n) is 3.14. The lowest BCUT2D eigenvalue weighted by Gasteiger charge is -2.28. The van der Waals surface area contributed by atoms with Crippen LogP contribution in [0.4, 0.5) is 0 Å². The molecule has 1 aromatic rings. The van der Waals surface area contributed by atoms with Gasteiger partial charge in [0.25, 0.3) is 0 Å². The molecule has 0 saturated heterocycles. The highest BCUT2D eigenvalue weighted by atomic mass is 32.7. The zero-order valence-corrected chi connectivity index (χ0v) is 11.2. The van der Waals surface area contributed by atoms with Gasteiger partial charge in [0, 0.05) is 5.66 Å². The van der Waals surface area contributed by atoms with Gasteiger partial charge in [-0.25, -0.2) is 0 Å². The number of benzene rings is 1. The summed E-state index contributed by atoms with van der Waals surface area (Å²) in [6.07, 6.45) is 5.81. The molecule has 0 saturated carbocycles. The molecule has 0 fully saturated rings. The van der Waals surface area contributed by atoms with Crippen molar-refractivity contribution in [3.8, 4) is 0 Å². The van der Waals surface area contributed by atoms with E-state index < -0.39 is 6.09 Å². The Morgan fingerprint density at radius 2 is 1.87 bits per heavy atom. The maximum Gasteiger partial charge on any atom is 0.00695 e. The summed E-state index contributed by atoms with van der Waals surface area (Å²) in [7, 11) is 0. The van der Waals surface area contributed by atoms with E-state index in [9.17, 15) is 0 Å². The summed E-state index contributed by atoms with van der Waals surface area (Å²) in [6, 6.07) is 11.0. The second-order valence-electron chi connectivity index (χ2n) is 3.92. The lowest BCUT2D eigenvalue weighted by Crippen LogP contribution is -2.11. The van der Waals surface area contributed by atoms with Crippen molar-refractivity contribution in [3.63, 3.8) is 0 Å². The smallest absolute Gasteiger partial charge is 0.00695 e.